The molecule has 0 spiro atoms. The monoisotopic (exact) mass is 390 g/mol. The Labute approximate surface area is 161 Å². The lowest BCUT2D eigenvalue weighted by Crippen LogP contribution is -2.46. The summed E-state index contributed by atoms with van der Waals surface area (Å²) < 4.78 is 56.1. The number of aromatic amines is 1. The van der Waals surface area contributed by atoms with Crippen LogP contribution >= 0.6 is 0 Å². The molecule has 4 rings (SSSR count). The molecule has 148 valence electrons. The van der Waals surface area contributed by atoms with Crippen molar-refractivity contribution < 1.29 is 17.6 Å². The second-order valence-corrected chi connectivity index (χ2v) is 7.58. The molecule has 3 aromatic rings. The number of benzene rings is 2. The van der Waals surface area contributed by atoms with Gasteiger partial charge in [0.25, 0.3) is 5.92 Å². The first-order valence-corrected chi connectivity index (χ1v) is 9.51. The van der Waals surface area contributed by atoms with Gasteiger partial charge in [0.15, 0.2) is 0 Å². The number of likely N-dealkylation sites (tertiary alicyclic amines) is 1. The maximum absolute atomic E-state index is 14.5. The number of nitrogens with one attached hydrogen (secondary N) is 1. The van der Waals surface area contributed by atoms with Crippen molar-refractivity contribution in [3.63, 3.8) is 0 Å². The second kappa shape index (κ2) is 7.59. The Balaban J connectivity index is 1.45. The number of halogens is 4. The van der Waals surface area contributed by atoms with Gasteiger partial charge in [-0.1, -0.05) is 18.2 Å². The third-order valence-corrected chi connectivity index (χ3v) is 5.68. The summed E-state index contributed by atoms with van der Waals surface area (Å²) in [7, 11) is 0. The van der Waals surface area contributed by atoms with E-state index in [0.29, 0.717) is 30.6 Å². The summed E-state index contributed by atoms with van der Waals surface area (Å²) in [4.78, 5) is 5.05. The van der Waals surface area contributed by atoms with E-state index in [2.05, 4.69) is 4.98 Å². The van der Waals surface area contributed by atoms with Crippen molar-refractivity contribution in [2.75, 3.05) is 13.1 Å². The van der Waals surface area contributed by atoms with Gasteiger partial charge in [0.2, 0.25) is 0 Å². The number of nitrogens with zero attached hydrogens (tertiary/aromatic N) is 1. The van der Waals surface area contributed by atoms with Crippen molar-refractivity contribution in [3.05, 3.63) is 71.4 Å². The summed E-state index contributed by atoms with van der Waals surface area (Å²) in [6.07, 6.45) is 2.15. The van der Waals surface area contributed by atoms with Crippen molar-refractivity contribution in [2.45, 2.75) is 31.7 Å². The zero-order valence-corrected chi connectivity index (χ0v) is 15.4. The van der Waals surface area contributed by atoms with E-state index in [0.717, 1.165) is 10.9 Å². The van der Waals surface area contributed by atoms with Gasteiger partial charge in [0.1, 0.15) is 11.6 Å². The lowest BCUT2D eigenvalue weighted by Gasteiger charge is -2.38. The first-order chi connectivity index (χ1) is 13.4. The van der Waals surface area contributed by atoms with Crippen molar-refractivity contribution >= 4 is 10.9 Å². The smallest absolute Gasteiger partial charge is 0.253 e. The Hall–Kier alpha value is -2.34. The largest absolute Gasteiger partial charge is 0.361 e. The van der Waals surface area contributed by atoms with E-state index in [9.17, 15) is 17.6 Å². The van der Waals surface area contributed by atoms with Crippen LogP contribution in [0.5, 0.6) is 0 Å². The minimum absolute atomic E-state index is 0.202. The molecule has 28 heavy (non-hydrogen) atoms. The summed E-state index contributed by atoms with van der Waals surface area (Å²) >= 11 is 0. The van der Waals surface area contributed by atoms with Crippen LogP contribution in [0.3, 0.4) is 0 Å². The number of hydrogen-bond acceptors (Lipinski definition) is 1. The number of H-pyrrole nitrogens is 1. The summed E-state index contributed by atoms with van der Waals surface area (Å²) in [5.41, 5.74) is 2.15. The molecule has 0 amide bonds. The number of hydrogen-bond donors (Lipinski definition) is 1. The van der Waals surface area contributed by atoms with Crippen molar-refractivity contribution in [2.24, 2.45) is 5.92 Å². The van der Waals surface area contributed by atoms with Gasteiger partial charge < -0.3 is 4.98 Å². The quantitative estimate of drug-likeness (QED) is 0.567. The highest BCUT2D eigenvalue weighted by molar-refractivity contribution is 5.83. The molecule has 0 saturated carbocycles. The van der Waals surface area contributed by atoms with E-state index < -0.39 is 11.8 Å². The Morgan fingerprint density at radius 1 is 1.07 bits per heavy atom. The molecule has 0 aliphatic carbocycles. The molecule has 6 heteroatoms. The van der Waals surface area contributed by atoms with Gasteiger partial charge in [-0.15, -0.1) is 0 Å². The molecule has 0 unspecified atom stereocenters. The SMILES string of the molecule is Fc1ccc2c(CN3CCC(F)(F)[C@H](CCc4ccccc4F)C3)c[nH]c2c1. The van der Waals surface area contributed by atoms with Crippen LogP contribution < -0.4 is 0 Å². The number of alkyl halides is 2. The fourth-order valence-electron chi connectivity index (χ4n) is 4.06. The molecular formula is C22H22F4N2. The first kappa shape index (κ1) is 19.0. The Morgan fingerprint density at radius 3 is 2.71 bits per heavy atom. The van der Waals surface area contributed by atoms with E-state index in [1.807, 2.05) is 11.1 Å². The van der Waals surface area contributed by atoms with Gasteiger partial charge in [-0.3, -0.25) is 4.90 Å². The lowest BCUT2D eigenvalue weighted by molar-refractivity contribution is -0.109. The Bertz CT molecular complexity index is 966. The van der Waals surface area contributed by atoms with Crippen LogP contribution in [0.15, 0.2) is 48.7 Å². The Kier molecular flexibility index (Phi) is 5.15. The summed E-state index contributed by atoms with van der Waals surface area (Å²) in [6.45, 7) is 1.09. The van der Waals surface area contributed by atoms with Crippen LogP contribution in [0, 0.1) is 17.6 Å². The predicted octanol–water partition coefficient (Wildman–Crippen LogP) is 5.54. The highest BCUT2D eigenvalue weighted by Crippen LogP contribution is 2.37. The normalized spacial score (nSPS) is 19.9. The molecule has 1 saturated heterocycles. The Morgan fingerprint density at radius 2 is 1.89 bits per heavy atom. The third kappa shape index (κ3) is 3.92. The second-order valence-electron chi connectivity index (χ2n) is 7.58. The maximum Gasteiger partial charge on any atom is 0.253 e. The molecule has 2 aromatic carbocycles. The summed E-state index contributed by atoms with van der Waals surface area (Å²) in [5, 5.41) is 0.904. The number of fused-ring (bicyclic) bond motifs is 1. The van der Waals surface area contributed by atoms with Gasteiger partial charge in [-0.2, -0.15) is 0 Å². The van der Waals surface area contributed by atoms with Gasteiger partial charge in [0.05, 0.1) is 0 Å². The molecule has 1 atom stereocenters. The molecule has 1 fully saturated rings. The van der Waals surface area contributed by atoms with E-state index in [1.54, 1.807) is 24.3 Å². The van der Waals surface area contributed by atoms with Crippen molar-refractivity contribution in [1.29, 1.82) is 0 Å². The summed E-state index contributed by atoms with van der Waals surface area (Å²) in [5.74, 6) is -4.22. The number of rotatable bonds is 5. The van der Waals surface area contributed by atoms with Crippen LogP contribution in [-0.2, 0) is 13.0 Å². The fraction of sp³-hybridized carbons (Fsp3) is 0.364. The van der Waals surface area contributed by atoms with Crippen molar-refractivity contribution in [3.8, 4) is 0 Å². The highest BCUT2D eigenvalue weighted by Gasteiger charge is 2.43. The average molecular weight is 390 g/mol. The van der Waals surface area contributed by atoms with Crippen molar-refractivity contribution in [1.82, 2.24) is 9.88 Å². The first-order valence-electron chi connectivity index (χ1n) is 9.51. The molecule has 0 bridgehead atoms. The third-order valence-electron chi connectivity index (χ3n) is 5.68. The molecule has 2 nitrogen and oxygen atoms in total. The predicted molar refractivity (Wildman–Crippen MR) is 101 cm³/mol. The molecule has 1 aliphatic rings. The van der Waals surface area contributed by atoms with Crippen LogP contribution in [0.25, 0.3) is 10.9 Å². The van der Waals surface area contributed by atoms with E-state index in [4.69, 9.17) is 0 Å². The van der Waals surface area contributed by atoms with Crippen LogP contribution in [0.1, 0.15) is 24.0 Å². The standard InChI is InChI=1S/C22H22F4N2/c23-18-7-8-19-16(12-27-21(19)11-18)13-28-10-9-22(25,26)17(14-28)6-5-15-3-1-2-4-20(15)24/h1-4,7-8,11-12,17,27H,5-6,9-10,13-14H2/t17-/m1/s1. The zero-order chi connectivity index (χ0) is 19.7. The van der Waals surface area contributed by atoms with E-state index in [-0.39, 0.29) is 31.0 Å². The molecule has 0 radical (unpaired) electrons. The van der Waals surface area contributed by atoms with Gasteiger partial charge >= 0.3 is 0 Å². The van der Waals surface area contributed by atoms with Gasteiger partial charge in [0, 0.05) is 49.1 Å². The number of piperidine rings is 1. The molecule has 1 aliphatic heterocycles. The van der Waals surface area contributed by atoms with E-state index >= 15 is 0 Å². The maximum atomic E-state index is 14.5. The van der Waals surface area contributed by atoms with Gasteiger partial charge in [-0.05, 0) is 48.2 Å². The fourth-order valence-corrected chi connectivity index (χ4v) is 4.06. The number of aromatic nitrogens is 1. The highest BCUT2D eigenvalue weighted by atomic mass is 19.3. The average Bonchev–Trinajstić information content (AvgIpc) is 3.05. The summed E-state index contributed by atoms with van der Waals surface area (Å²) in [6, 6.07) is 10.9. The molecule has 2 heterocycles. The molecule has 1 N–H and O–H groups in total. The van der Waals surface area contributed by atoms with E-state index in [1.165, 1.54) is 18.2 Å². The van der Waals surface area contributed by atoms with Gasteiger partial charge in [-0.25, -0.2) is 17.6 Å². The minimum atomic E-state index is -2.74. The van der Waals surface area contributed by atoms with Crippen LogP contribution in [0.2, 0.25) is 0 Å². The number of aryl methyl sites for hydroxylation is 1. The molecular weight excluding hydrogens is 368 g/mol. The topological polar surface area (TPSA) is 19.0 Å². The van der Waals surface area contributed by atoms with Crippen LogP contribution in [0.4, 0.5) is 17.6 Å². The molecule has 1 aromatic heterocycles. The zero-order valence-electron chi connectivity index (χ0n) is 15.4. The lowest BCUT2D eigenvalue weighted by atomic mass is 9.88. The van der Waals surface area contributed by atoms with Crippen LogP contribution in [-0.4, -0.2) is 28.9 Å². The minimum Gasteiger partial charge on any atom is -0.361 e.